The summed E-state index contributed by atoms with van der Waals surface area (Å²) in [5.41, 5.74) is 7.39. The summed E-state index contributed by atoms with van der Waals surface area (Å²) >= 11 is 0. The Morgan fingerprint density at radius 3 is 1.87 bits per heavy atom. The van der Waals surface area contributed by atoms with Crippen molar-refractivity contribution in [1.82, 2.24) is 15.0 Å². The number of hydrogen-bond donors (Lipinski definition) is 0. The number of oxazole rings is 1. The quantitative estimate of drug-likeness (QED) is 0.202. The number of benzene rings is 3. The first kappa shape index (κ1) is 28.6. The monoisotopic (exact) mass is 525 g/mol. The molecule has 2 aromatic heterocycles. The Morgan fingerprint density at radius 1 is 0.692 bits per heavy atom. The molecular formula is C34H43N3O2. The molecule has 0 atom stereocenters. The summed E-state index contributed by atoms with van der Waals surface area (Å²) in [6.07, 6.45) is 1.74. The Kier molecular flexibility index (Phi) is 8.04. The van der Waals surface area contributed by atoms with E-state index in [1.165, 1.54) is 16.7 Å². The van der Waals surface area contributed by atoms with Gasteiger partial charge in [0.15, 0.2) is 11.2 Å². The lowest BCUT2D eigenvalue weighted by Crippen LogP contribution is -2.36. The van der Waals surface area contributed by atoms with Crippen molar-refractivity contribution < 1.29 is 8.94 Å². The van der Waals surface area contributed by atoms with Crippen LogP contribution in [0, 0.1) is 0 Å². The zero-order valence-electron chi connectivity index (χ0n) is 25.0. The van der Waals surface area contributed by atoms with E-state index in [4.69, 9.17) is 8.94 Å². The summed E-state index contributed by atoms with van der Waals surface area (Å²) in [5.74, 6) is 0.800. The van der Waals surface area contributed by atoms with Crippen molar-refractivity contribution in [2.45, 2.75) is 91.8 Å². The lowest BCUT2D eigenvalue weighted by Gasteiger charge is -2.31. The van der Waals surface area contributed by atoms with Crippen LogP contribution in [-0.4, -0.2) is 20.6 Å². The van der Waals surface area contributed by atoms with Crippen LogP contribution in [0.1, 0.15) is 84.9 Å². The van der Waals surface area contributed by atoms with Crippen LogP contribution in [-0.2, 0) is 23.9 Å². The maximum atomic E-state index is 5.62. The predicted molar refractivity (Wildman–Crippen MR) is 161 cm³/mol. The molecule has 6 rings (SSSR count). The molecule has 0 radical (unpaired) electrons. The number of aromatic nitrogens is 2. The number of nitrogens with zero attached hydrogens (tertiary/aromatic N) is 3. The van der Waals surface area contributed by atoms with Crippen molar-refractivity contribution in [1.29, 1.82) is 0 Å². The first-order valence-electron chi connectivity index (χ1n) is 13.7. The minimum Gasteiger partial charge on any atom is -0.440 e. The van der Waals surface area contributed by atoms with Crippen LogP contribution in [0.2, 0.25) is 0 Å². The van der Waals surface area contributed by atoms with Gasteiger partial charge in [-0.3, -0.25) is 4.90 Å². The van der Waals surface area contributed by atoms with Gasteiger partial charge in [-0.15, -0.1) is 0 Å². The van der Waals surface area contributed by atoms with Crippen LogP contribution in [0.15, 0.2) is 81.9 Å². The molecule has 206 valence electrons. The first-order valence-corrected chi connectivity index (χ1v) is 13.7. The van der Waals surface area contributed by atoms with Gasteiger partial charge in [0.1, 0.15) is 5.52 Å². The lowest BCUT2D eigenvalue weighted by atomic mass is 9.87. The van der Waals surface area contributed by atoms with Gasteiger partial charge in [0, 0.05) is 29.4 Å². The molecule has 5 nitrogen and oxygen atoms in total. The van der Waals surface area contributed by atoms with E-state index >= 15 is 0 Å². The van der Waals surface area contributed by atoms with Gasteiger partial charge in [-0.1, -0.05) is 89.2 Å². The predicted octanol–water partition coefficient (Wildman–Crippen LogP) is 9.05. The molecule has 5 heteroatoms. The van der Waals surface area contributed by atoms with Gasteiger partial charge in [-0.2, -0.15) is 0 Å². The van der Waals surface area contributed by atoms with Crippen LogP contribution in [0.25, 0.3) is 22.1 Å². The fraction of sp³-hybridized carbons (Fsp3) is 0.412. The molecule has 1 aliphatic heterocycles. The van der Waals surface area contributed by atoms with Gasteiger partial charge in [0.2, 0.25) is 5.89 Å². The number of hydrogen-bond acceptors (Lipinski definition) is 5. The van der Waals surface area contributed by atoms with Crippen LogP contribution in [0.4, 0.5) is 0 Å². The van der Waals surface area contributed by atoms with Crippen molar-refractivity contribution in [3.05, 3.63) is 95.5 Å². The van der Waals surface area contributed by atoms with Gasteiger partial charge in [0.05, 0.1) is 6.20 Å². The molecular weight excluding hydrogens is 482 g/mol. The summed E-state index contributed by atoms with van der Waals surface area (Å²) in [5, 5.41) is 4.81. The molecule has 1 aliphatic rings. The van der Waals surface area contributed by atoms with Crippen molar-refractivity contribution in [3.8, 4) is 0 Å². The minimum atomic E-state index is -0.0149. The van der Waals surface area contributed by atoms with Gasteiger partial charge in [-0.05, 0) is 67.1 Å². The van der Waals surface area contributed by atoms with E-state index in [9.17, 15) is 0 Å². The van der Waals surface area contributed by atoms with E-state index in [1.807, 2.05) is 30.3 Å². The van der Waals surface area contributed by atoms with Crippen LogP contribution < -0.4 is 0 Å². The smallest absolute Gasteiger partial charge is 0.200 e. The van der Waals surface area contributed by atoms with Crippen molar-refractivity contribution in [2.24, 2.45) is 0 Å². The highest BCUT2D eigenvalue weighted by Crippen LogP contribution is 2.29. The van der Waals surface area contributed by atoms with E-state index in [0.29, 0.717) is 5.54 Å². The van der Waals surface area contributed by atoms with E-state index < -0.39 is 0 Å². The summed E-state index contributed by atoms with van der Waals surface area (Å²) in [4.78, 5) is 6.93. The van der Waals surface area contributed by atoms with Crippen LogP contribution in [0.5, 0.6) is 0 Å². The molecule has 0 amide bonds. The third-order valence-electron chi connectivity index (χ3n) is 6.95. The summed E-state index contributed by atoms with van der Waals surface area (Å²) in [6, 6.07) is 22.8. The second kappa shape index (κ2) is 11.0. The summed E-state index contributed by atoms with van der Waals surface area (Å²) < 4.78 is 10.7. The third-order valence-corrected chi connectivity index (χ3v) is 6.95. The highest BCUT2D eigenvalue weighted by atomic mass is 16.5. The first-order chi connectivity index (χ1) is 18.2. The Balaban J connectivity index is 0.000000136. The second-order valence-corrected chi connectivity index (χ2v) is 13.4. The van der Waals surface area contributed by atoms with E-state index in [0.717, 1.165) is 41.0 Å². The molecule has 0 unspecified atom stereocenters. The Hall–Kier alpha value is -3.44. The average Bonchev–Trinajstić information content (AvgIpc) is 3.60. The molecule has 3 aromatic carbocycles. The standard InChI is InChI=1S/C12H17N.2C11H13NO/c1-12(2,3)13-8-10-6-4-5-7-11(10)9-13;1-11(2,3)9-5-4-8-7-12-13-10(8)6-9;1-11(2,3)10-12-8-6-4-5-7-9(8)13-10/h4-7H,8-9H2,1-3H3;2*4-7H,1-3H3. The number of fused-ring (bicyclic) bond motifs is 3. The van der Waals surface area contributed by atoms with E-state index in [2.05, 4.69) is 114 Å². The van der Waals surface area contributed by atoms with Crippen molar-refractivity contribution in [2.75, 3.05) is 0 Å². The van der Waals surface area contributed by atoms with Gasteiger partial charge >= 0.3 is 0 Å². The highest BCUT2D eigenvalue weighted by Gasteiger charge is 2.27. The Morgan fingerprint density at radius 2 is 1.31 bits per heavy atom. The molecule has 0 aliphatic carbocycles. The molecule has 39 heavy (non-hydrogen) atoms. The average molecular weight is 526 g/mol. The highest BCUT2D eigenvalue weighted by molar-refractivity contribution is 5.76. The van der Waals surface area contributed by atoms with Crippen LogP contribution in [0.3, 0.4) is 0 Å². The topological polar surface area (TPSA) is 55.3 Å². The van der Waals surface area contributed by atoms with Crippen molar-refractivity contribution >= 4 is 22.1 Å². The minimum absolute atomic E-state index is 0.0149. The fourth-order valence-electron chi connectivity index (χ4n) is 4.33. The number of rotatable bonds is 0. The van der Waals surface area contributed by atoms with Crippen LogP contribution >= 0.6 is 0 Å². The second-order valence-electron chi connectivity index (χ2n) is 13.4. The maximum absolute atomic E-state index is 5.62. The zero-order chi connectivity index (χ0) is 28.4. The SMILES string of the molecule is CC(C)(C)N1Cc2ccccc2C1.CC(C)(C)c1ccc2cnoc2c1.CC(C)(C)c1nc2ccccc2o1. The lowest BCUT2D eigenvalue weighted by molar-refractivity contribution is 0.136. The Labute approximate surface area is 233 Å². The molecule has 0 N–H and O–H groups in total. The molecule has 0 saturated heterocycles. The fourth-order valence-corrected chi connectivity index (χ4v) is 4.33. The van der Waals surface area contributed by atoms with E-state index in [1.54, 1.807) is 6.20 Å². The van der Waals surface area contributed by atoms with Crippen molar-refractivity contribution in [3.63, 3.8) is 0 Å². The molecule has 0 saturated carbocycles. The normalized spacial score (nSPS) is 14.0. The molecule has 0 spiro atoms. The number of para-hydroxylation sites is 2. The largest absolute Gasteiger partial charge is 0.440 e. The Bertz CT molecular complexity index is 1450. The zero-order valence-corrected chi connectivity index (χ0v) is 25.0. The van der Waals surface area contributed by atoms with E-state index in [-0.39, 0.29) is 10.8 Å². The third kappa shape index (κ3) is 7.15. The summed E-state index contributed by atoms with van der Waals surface area (Å²) in [6.45, 7) is 21.9. The van der Waals surface area contributed by atoms with Gasteiger partial charge in [-0.25, -0.2) is 4.98 Å². The molecule has 5 aromatic rings. The molecule has 0 bridgehead atoms. The molecule has 3 heterocycles. The van der Waals surface area contributed by atoms with Gasteiger partial charge in [0.25, 0.3) is 0 Å². The maximum Gasteiger partial charge on any atom is 0.200 e. The van der Waals surface area contributed by atoms with Gasteiger partial charge < -0.3 is 8.94 Å². The molecule has 0 fully saturated rings. The summed E-state index contributed by atoms with van der Waals surface area (Å²) in [7, 11) is 0.